The number of ether oxygens (including phenoxy) is 2. The fourth-order valence-electron chi connectivity index (χ4n) is 2.44. The van der Waals surface area contributed by atoms with E-state index < -0.39 is 10.0 Å². The largest absolute Gasteiger partial charge is 0.486 e. The van der Waals surface area contributed by atoms with Gasteiger partial charge >= 0.3 is 0 Å². The monoisotopic (exact) mass is 389 g/mol. The molecule has 0 bridgehead atoms. The number of nitrogens with one attached hydrogen (secondary N) is 1. The molecule has 7 nitrogen and oxygen atoms in total. The second kappa shape index (κ2) is 6.58. The van der Waals surface area contributed by atoms with Gasteiger partial charge in [0.2, 0.25) is 5.13 Å². The molecule has 3 aromatic rings. The number of rotatable bonds is 4. The number of aryl methyl sites for hydroxylation is 1. The fraction of sp³-hybridized carbons (Fsp3) is 0.176. The predicted octanol–water partition coefficient (Wildman–Crippen LogP) is 3.09. The highest BCUT2D eigenvalue weighted by Crippen LogP contribution is 2.33. The molecule has 0 saturated carbocycles. The molecule has 2 aromatic carbocycles. The van der Waals surface area contributed by atoms with Gasteiger partial charge in [-0.05, 0) is 19.1 Å². The molecule has 26 heavy (non-hydrogen) atoms. The number of fused-ring (bicyclic) bond motifs is 1. The summed E-state index contributed by atoms with van der Waals surface area (Å²) in [7, 11) is -3.80. The minimum Gasteiger partial charge on any atom is -0.486 e. The third kappa shape index (κ3) is 3.35. The highest BCUT2D eigenvalue weighted by molar-refractivity contribution is 7.93. The van der Waals surface area contributed by atoms with Gasteiger partial charge in [0.25, 0.3) is 10.0 Å². The third-order valence-electron chi connectivity index (χ3n) is 3.77. The zero-order valence-corrected chi connectivity index (χ0v) is 15.4. The quantitative estimate of drug-likeness (QED) is 0.737. The maximum atomic E-state index is 12.6. The molecule has 1 aliphatic heterocycles. The van der Waals surface area contributed by atoms with E-state index in [0.717, 1.165) is 11.1 Å². The maximum Gasteiger partial charge on any atom is 0.263 e. The maximum absolute atomic E-state index is 12.6. The van der Waals surface area contributed by atoms with Crippen molar-refractivity contribution in [3.05, 3.63) is 48.0 Å². The minimum atomic E-state index is -3.80. The van der Waals surface area contributed by atoms with Gasteiger partial charge in [-0.2, -0.15) is 0 Å². The van der Waals surface area contributed by atoms with Crippen LogP contribution in [0.5, 0.6) is 11.5 Å². The lowest BCUT2D eigenvalue weighted by atomic mass is 10.2. The first-order chi connectivity index (χ1) is 12.5. The molecule has 2 heterocycles. The van der Waals surface area contributed by atoms with Crippen LogP contribution in [0.2, 0.25) is 0 Å². The summed E-state index contributed by atoms with van der Waals surface area (Å²) in [5, 5.41) is 8.84. The van der Waals surface area contributed by atoms with Crippen molar-refractivity contribution in [3.8, 4) is 22.1 Å². The summed E-state index contributed by atoms with van der Waals surface area (Å²) >= 11 is 1.17. The average Bonchev–Trinajstić information content (AvgIpc) is 3.09. The molecule has 0 atom stereocenters. The van der Waals surface area contributed by atoms with Crippen molar-refractivity contribution < 1.29 is 17.9 Å². The van der Waals surface area contributed by atoms with Gasteiger partial charge in [0.15, 0.2) is 11.5 Å². The number of benzene rings is 2. The number of nitrogens with zero attached hydrogens (tertiary/aromatic N) is 2. The Balaban J connectivity index is 1.57. The van der Waals surface area contributed by atoms with Crippen LogP contribution in [0.25, 0.3) is 10.6 Å². The van der Waals surface area contributed by atoms with E-state index >= 15 is 0 Å². The van der Waals surface area contributed by atoms with Gasteiger partial charge in [-0.1, -0.05) is 41.2 Å². The number of hydrogen-bond donors (Lipinski definition) is 1. The highest BCUT2D eigenvalue weighted by Gasteiger charge is 2.21. The van der Waals surface area contributed by atoms with E-state index in [0.29, 0.717) is 29.7 Å². The first-order valence-corrected chi connectivity index (χ1v) is 10.1. The molecule has 0 radical (unpaired) electrons. The lowest BCUT2D eigenvalue weighted by Gasteiger charge is -2.18. The van der Waals surface area contributed by atoms with Gasteiger partial charge in [-0.25, -0.2) is 8.42 Å². The summed E-state index contributed by atoms with van der Waals surface area (Å²) in [5.41, 5.74) is 2.02. The third-order valence-corrected chi connectivity index (χ3v) is 6.12. The van der Waals surface area contributed by atoms with Crippen molar-refractivity contribution in [1.82, 2.24) is 10.2 Å². The zero-order valence-electron chi connectivity index (χ0n) is 13.8. The van der Waals surface area contributed by atoms with Crippen molar-refractivity contribution in [2.24, 2.45) is 0 Å². The molecule has 9 heteroatoms. The van der Waals surface area contributed by atoms with E-state index in [4.69, 9.17) is 9.47 Å². The molecule has 0 amide bonds. The van der Waals surface area contributed by atoms with Crippen LogP contribution in [-0.2, 0) is 10.0 Å². The van der Waals surface area contributed by atoms with Gasteiger partial charge in [-0.3, -0.25) is 4.72 Å². The molecule has 0 spiro atoms. The Morgan fingerprint density at radius 3 is 2.50 bits per heavy atom. The SMILES string of the molecule is Cc1ccc(-c2nnc(NS(=O)(=O)c3ccc4c(c3)OCCO4)s2)cc1. The lowest BCUT2D eigenvalue weighted by Crippen LogP contribution is -2.17. The van der Waals surface area contributed by atoms with Crippen LogP contribution in [0.4, 0.5) is 5.13 Å². The van der Waals surface area contributed by atoms with Crippen LogP contribution in [0.3, 0.4) is 0 Å². The summed E-state index contributed by atoms with van der Waals surface area (Å²) in [6.07, 6.45) is 0. The molecule has 0 aliphatic carbocycles. The Morgan fingerprint density at radius 2 is 1.73 bits per heavy atom. The van der Waals surface area contributed by atoms with Gasteiger partial charge in [0.1, 0.15) is 18.2 Å². The van der Waals surface area contributed by atoms with Crippen LogP contribution in [-0.4, -0.2) is 31.8 Å². The smallest absolute Gasteiger partial charge is 0.263 e. The van der Waals surface area contributed by atoms with Crippen LogP contribution in [0, 0.1) is 6.92 Å². The van der Waals surface area contributed by atoms with Crippen LogP contribution >= 0.6 is 11.3 Å². The van der Waals surface area contributed by atoms with Gasteiger partial charge in [0, 0.05) is 11.6 Å². The molecular formula is C17H15N3O4S2. The van der Waals surface area contributed by atoms with Gasteiger partial charge < -0.3 is 9.47 Å². The van der Waals surface area contributed by atoms with Crippen LogP contribution in [0.15, 0.2) is 47.4 Å². The van der Waals surface area contributed by atoms with E-state index in [2.05, 4.69) is 14.9 Å². The number of hydrogen-bond acceptors (Lipinski definition) is 7. The average molecular weight is 389 g/mol. The Labute approximate surface area is 154 Å². The second-order valence-corrected chi connectivity index (χ2v) is 8.35. The van der Waals surface area contributed by atoms with E-state index in [-0.39, 0.29) is 10.0 Å². The molecule has 4 rings (SSSR count). The summed E-state index contributed by atoms with van der Waals surface area (Å²) in [5.74, 6) is 0.949. The first kappa shape index (κ1) is 16.8. The second-order valence-electron chi connectivity index (χ2n) is 5.69. The minimum absolute atomic E-state index is 0.0776. The standard InChI is InChI=1S/C17H15N3O4S2/c1-11-2-4-12(5-3-11)16-18-19-17(25-16)20-26(21,22)13-6-7-14-15(10-13)24-9-8-23-14/h2-7,10H,8-9H2,1H3,(H,19,20). The zero-order chi connectivity index (χ0) is 18.1. The van der Waals surface area contributed by atoms with Crippen molar-refractivity contribution in [3.63, 3.8) is 0 Å². The van der Waals surface area contributed by atoms with Crippen molar-refractivity contribution >= 4 is 26.5 Å². The molecule has 1 aliphatic rings. The van der Waals surface area contributed by atoms with Gasteiger partial charge in [-0.15, -0.1) is 10.2 Å². The Kier molecular flexibility index (Phi) is 4.25. The molecule has 0 fully saturated rings. The molecular weight excluding hydrogens is 374 g/mol. The summed E-state index contributed by atoms with van der Waals surface area (Å²) in [6.45, 7) is 2.83. The Hall–Kier alpha value is -2.65. The highest BCUT2D eigenvalue weighted by atomic mass is 32.2. The summed E-state index contributed by atoms with van der Waals surface area (Å²) in [4.78, 5) is 0.0776. The molecule has 1 aromatic heterocycles. The number of sulfonamides is 1. The molecule has 134 valence electrons. The van der Waals surface area contributed by atoms with Crippen LogP contribution in [0.1, 0.15) is 5.56 Å². The number of anilines is 1. The Morgan fingerprint density at radius 1 is 1.00 bits per heavy atom. The summed E-state index contributed by atoms with van der Waals surface area (Å²) < 4.78 is 38.5. The Bertz CT molecular complexity index is 1050. The van der Waals surface area contributed by atoms with E-state index in [1.807, 2.05) is 31.2 Å². The predicted molar refractivity (Wildman–Crippen MR) is 98.3 cm³/mol. The normalized spacial score (nSPS) is 13.4. The van der Waals surface area contributed by atoms with Crippen molar-refractivity contribution in [2.45, 2.75) is 11.8 Å². The van der Waals surface area contributed by atoms with Crippen molar-refractivity contribution in [2.75, 3.05) is 17.9 Å². The van der Waals surface area contributed by atoms with Crippen LogP contribution < -0.4 is 14.2 Å². The number of aromatic nitrogens is 2. The van der Waals surface area contributed by atoms with E-state index in [1.54, 1.807) is 6.07 Å². The lowest BCUT2D eigenvalue weighted by molar-refractivity contribution is 0.171. The first-order valence-electron chi connectivity index (χ1n) is 7.84. The molecule has 0 unspecified atom stereocenters. The van der Waals surface area contributed by atoms with E-state index in [1.165, 1.54) is 23.5 Å². The van der Waals surface area contributed by atoms with E-state index in [9.17, 15) is 8.42 Å². The topological polar surface area (TPSA) is 90.4 Å². The summed E-state index contributed by atoms with van der Waals surface area (Å²) in [6, 6.07) is 12.3. The van der Waals surface area contributed by atoms with Crippen molar-refractivity contribution in [1.29, 1.82) is 0 Å². The molecule has 0 saturated heterocycles. The van der Waals surface area contributed by atoms with Gasteiger partial charge in [0.05, 0.1) is 4.90 Å². The fourth-order valence-corrected chi connectivity index (χ4v) is 4.44. The molecule has 1 N–H and O–H groups in total.